The molecule has 0 bridgehead atoms. The van der Waals surface area contributed by atoms with Crippen LogP contribution in [0, 0.1) is 0 Å². The molecule has 28 heavy (non-hydrogen) atoms. The number of rotatable bonds is 9. The molecule has 1 aliphatic rings. The van der Waals surface area contributed by atoms with Crippen molar-refractivity contribution in [2.75, 3.05) is 32.7 Å². The highest BCUT2D eigenvalue weighted by molar-refractivity contribution is 7.13. The molecule has 158 valence electrons. The summed E-state index contributed by atoms with van der Waals surface area (Å²) in [5.41, 5.74) is 5.49. The molecule has 0 spiro atoms. The van der Waals surface area contributed by atoms with Gasteiger partial charge in [0.1, 0.15) is 0 Å². The van der Waals surface area contributed by atoms with Crippen molar-refractivity contribution >= 4 is 42.1 Å². The zero-order valence-electron chi connectivity index (χ0n) is 15.9. The van der Waals surface area contributed by atoms with Crippen molar-refractivity contribution in [2.45, 2.75) is 38.6 Å². The molecule has 10 heteroatoms. The highest BCUT2D eigenvalue weighted by Gasteiger charge is 2.22. The van der Waals surface area contributed by atoms with Gasteiger partial charge in [-0.2, -0.15) is 4.98 Å². The first-order valence-corrected chi connectivity index (χ1v) is 10.2. The summed E-state index contributed by atoms with van der Waals surface area (Å²) < 4.78 is 5.37. The van der Waals surface area contributed by atoms with Gasteiger partial charge in [-0.05, 0) is 30.8 Å². The summed E-state index contributed by atoms with van der Waals surface area (Å²) >= 11 is 1.60. The normalized spacial score (nSPS) is 14.4. The lowest BCUT2D eigenvalue weighted by molar-refractivity contribution is -0.133. The number of hydrogen-bond donors (Lipinski definition) is 1. The average molecular weight is 450 g/mol. The molecular weight excluding hydrogens is 421 g/mol. The zero-order chi connectivity index (χ0) is 18.2. The molecule has 0 saturated carbocycles. The molecular formula is C18H29Cl2N5O2S. The van der Waals surface area contributed by atoms with Crippen molar-refractivity contribution in [3.63, 3.8) is 0 Å². The van der Waals surface area contributed by atoms with Gasteiger partial charge in [-0.1, -0.05) is 24.1 Å². The van der Waals surface area contributed by atoms with E-state index in [1.807, 2.05) is 22.4 Å². The van der Waals surface area contributed by atoms with E-state index in [9.17, 15) is 4.79 Å². The molecule has 7 nitrogen and oxygen atoms in total. The molecule has 1 saturated heterocycles. The predicted octanol–water partition coefficient (Wildman–Crippen LogP) is 3.20. The van der Waals surface area contributed by atoms with Gasteiger partial charge in [0.2, 0.25) is 17.6 Å². The molecule has 0 unspecified atom stereocenters. The third kappa shape index (κ3) is 7.33. The molecule has 2 aromatic rings. The Labute approximate surface area is 182 Å². The molecule has 2 N–H and O–H groups in total. The van der Waals surface area contributed by atoms with Crippen LogP contribution >= 0.6 is 36.2 Å². The second-order valence-electron chi connectivity index (χ2n) is 6.60. The summed E-state index contributed by atoms with van der Waals surface area (Å²) in [6, 6.07) is 3.96. The van der Waals surface area contributed by atoms with E-state index in [-0.39, 0.29) is 30.7 Å². The molecule has 1 amide bonds. The van der Waals surface area contributed by atoms with E-state index in [0.717, 1.165) is 63.3 Å². The Bertz CT molecular complexity index is 675. The smallest absolute Gasteiger partial charge is 0.241 e. The van der Waals surface area contributed by atoms with Crippen LogP contribution in [0.4, 0.5) is 0 Å². The van der Waals surface area contributed by atoms with Crippen LogP contribution in [0.25, 0.3) is 10.7 Å². The van der Waals surface area contributed by atoms with E-state index in [4.69, 9.17) is 10.3 Å². The number of hydrogen-bond acceptors (Lipinski definition) is 7. The van der Waals surface area contributed by atoms with Gasteiger partial charge >= 0.3 is 0 Å². The fraction of sp³-hybridized carbons (Fsp3) is 0.611. The van der Waals surface area contributed by atoms with Crippen molar-refractivity contribution in [3.05, 3.63) is 23.4 Å². The quantitative estimate of drug-likeness (QED) is 0.591. The Morgan fingerprint density at radius 2 is 1.89 bits per heavy atom. The van der Waals surface area contributed by atoms with E-state index >= 15 is 0 Å². The van der Waals surface area contributed by atoms with Crippen LogP contribution in [-0.2, 0) is 11.3 Å². The van der Waals surface area contributed by atoms with Crippen molar-refractivity contribution in [1.29, 1.82) is 0 Å². The highest BCUT2D eigenvalue weighted by atomic mass is 35.5. The molecule has 0 radical (unpaired) electrons. The maximum Gasteiger partial charge on any atom is 0.241 e. The third-order valence-electron chi connectivity index (χ3n) is 4.64. The van der Waals surface area contributed by atoms with Gasteiger partial charge in [0.05, 0.1) is 11.4 Å². The lowest BCUT2D eigenvalue weighted by Gasteiger charge is -2.34. The van der Waals surface area contributed by atoms with Gasteiger partial charge in [0, 0.05) is 32.6 Å². The van der Waals surface area contributed by atoms with Crippen LogP contribution in [0.2, 0.25) is 0 Å². The van der Waals surface area contributed by atoms with E-state index in [1.54, 1.807) is 11.3 Å². The van der Waals surface area contributed by atoms with E-state index in [2.05, 4.69) is 15.0 Å². The van der Waals surface area contributed by atoms with Crippen LogP contribution in [-0.4, -0.2) is 58.6 Å². The highest BCUT2D eigenvalue weighted by Crippen LogP contribution is 2.21. The van der Waals surface area contributed by atoms with Gasteiger partial charge in [-0.3, -0.25) is 9.69 Å². The van der Waals surface area contributed by atoms with Crippen LogP contribution < -0.4 is 5.73 Å². The van der Waals surface area contributed by atoms with Gasteiger partial charge in [-0.25, -0.2) is 0 Å². The number of nitrogens with two attached hydrogens (primary N) is 1. The number of halogens is 2. The Balaban J connectivity index is 0.00000196. The molecule has 3 heterocycles. The first-order chi connectivity index (χ1) is 12.8. The van der Waals surface area contributed by atoms with Crippen LogP contribution in [0.15, 0.2) is 22.0 Å². The molecule has 2 aromatic heterocycles. The average Bonchev–Trinajstić information content (AvgIpc) is 3.33. The van der Waals surface area contributed by atoms with Crippen molar-refractivity contribution in [2.24, 2.45) is 5.73 Å². The monoisotopic (exact) mass is 449 g/mol. The topological polar surface area (TPSA) is 88.5 Å². The largest absolute Gasteiger partial charge is 0.340 e. The lowest BCUT2D eigenvalue weighted by atomic mass is 10.1. The van der Waals surface area contributed by atoms with E-state index < -0.39 is 0 Å². The Kier molecular flexibility index (Phi) is 11.6. The summed E-state index contributed by atoms with van der Waals surface area (Å²) in [6.07, 6.45) is 4.88. The van der Waals surface area contributed by atoms with Crippen molar-refractivity contribution < 1.29 is 9.32 Å². The molecule has 0 atom stereocenters. The third-order valence-corrected chi connectivity index (χ3v) is 5.50. The van der Waals surface area contributed by atoms with Crippen LogP contribution in [0.3, 0.4) is 0 Å². The van der Waals surface area contributed by atoms with Crippen LogP contribution in [0.5, 0.6) is 0 Å². The fourth-order valence-corrected chi connectivity index (χ4v) is 3.75. The van der Waals surface area contributed by atoms with Gasteiger partial charge < -0.3 is 15.2 Å². The minimum Gasteiger partial charge on any atom is -0.340 e. The number of piperazine rings is 1. The SMILES string of the molecule is Cl.Cl.NCCCCCCC(=O)N1CCN(Cc2nc(-c3cccs3)no2)CC1. The maximum atomic E-state index is 12.3. The summed E-state index contributed by atoms with van der Waals surface area (Å²) in [7, 11) is 0. The summed E-state index contributed by atoms with van der Waals surface area (Å²) in [4.78, 5) is 22.0. The molecule has 3 rings (SSSR count). The molecule has 0 aliphatic carbocycles. The minimum absolute atomic E-state index is 0. The first-order valence-electron chi connectivity index (χ1n) is 9.33. The standard InChI is InChI=1S/C18H27N5O2S.2ClH/c19-8-4-2-1-3-7-17(24)23-11-9-22(10-12-23)14-16-20-18(21-25-16)15-6-5-13-26-15;;/h5-6,13H,1-4,7-12,14,19H2;2*1H. The maximum absolute atomic E-state index is 12.3. The molecule has 1 fully saturated rings. The van der Waals surface area contributed by atoms with Crippen molar-refractivity contribution in [1.82, 2.24) is 19.9 Å². The number of carbonyl (C=O) groups excluding carboxylic acids is 1. The zero-order valence-corrected chi connectivity index (χ0v) is 18.4. The number of carbonyl (C=O) groups is 1. The van der Waals surface area contributed by atoms with E-state index in [0.29, 0.717) is 24.7 Å². The lowest BCUT2D eigenvalue weighted by Crippen LogP contribution is -2.48. The minimum atomic E-state index is 0. The molecule has 0 aromatic carbocycles. The number of unbranched alkanes of at least 4 members (excludes halogenated alkanes) is 3. The Hall–Kier alpha value is -1.19. The summed E-state index contributed by atoms with van der Waals surface area (Å²) in [5, 5.41) is 6.05. The number of nitrogens with zero attached hydrogens (tertiary/aromatic N) is 4. The van der Waals surface area contributed by atoms with Gasteiger partial charge in [0.25, 0.3) is 0 Å². The van der Waals surface area contributed by atoms with E-state index in [1.165, 1.54) is 0 Å². The second kappa shape index (κ2) is 13.1. The Morgan fingerprint density at radius 1 is 1.14 bits per heavy atom. The summed E-state index contributed by atoms with van der Waals surface area (Å²) in [6.45, 7) is 4.61. The van der Waals surface area contributed by atoms with Crippen LogP contribution in [0.1, 0.15) is 38.0 Å². The first kappa shape index (κ1) is 24.8. The molecule has 1 aliphatic heterocycles. The fourth-order valence-electron chi connectivity index (χ4n) is 3.10. The summed E-state index contributed by atoms with van der Waals surface area (Å²) in [5.74, 6) is 1.56. The Morgan fingerprint density at radius 3 is 2.57 bits per heavy atom. The number of amides is 1. The van der Waals surface area contributed by atoms with Gasteiger partial charge in [0.15, 0.2) is 0 Å². The van der Waals surface area contributed by atoms with Gasteiger partial charge in [-0.15, -0.1) is 36.2 Å². The number of aromatic nitrogens is 2. The number of thiophene rings is 1. The second-order valence-corrected chi connectivity index (χ2v) is 7.55. The predicted molar refractivity (Wildman–Crippen MR) is 116 cm³/mol. The van der Waals surface area contributed by atoms with Crippen molar-refractivity contribution in [3.8, 4) is 10.7 Å².